The summed E-state index contributed by atoms with van der Waals surface area (Å²) in [6, 6.07) is 27.6. The van der Waals surface area contributed by atoms with Gasteiger partial charge in [-0.2, -0.15) is 4.98 Å². The van der Waals surface area contributed by atoms with E-state index in [1.807, 2.05) is 74.5 Å². The number of aromatic nitrogens is 2. The number of unbranched alkanes of at least 4 members (excludes halogenated alkanes) is 1. The van der Waals surface area contributed by atoms with Crippen molar-refractivity contribution in [1.82, 2.24) is 25.5 Å². The molecule has 1 aliphatic heterocycles. The Morgan fingerprint density at radius 1 is 0.791 bits per heavy atom. The predicted octanol–water partition coefficient (Wildman–Crippen LogP) is 7.73. The average molecular weight is 913 g/mol. The third kappa shape index (κ3) is 11.9. The number of benzene rings is 4. The minimum atomic E-state index is -0.961. The van der Waals surface area contributed by atoms with Crippen LogP contribution >= 0.6 is 0 Å². The number of carbonyl (C=O) groups is 5. The summed E-state index contributed by atoms with van der Waals surface area (Å²) in [5.41, 5.74) is 6.12. The largest absolute Gasteiger partial charge is 0.449 e. The van der Waals surface area contributed by atoms with Crippen LogP contribution in [0.15, 0.2) is 97.1 Å². The van der Waals surface area contributed by atoms with Crippen LogP contribution in [0.2, 0.25) is 0 Å². The number of aliphatic hydroxyl groups excluding tert-OH is 1. The summed E-state index contributed by atoms with van der Waals surface area (Å²) in [4.78, 5) is 77.4. The number of likely N-dealkylation sites (tertiary alicyclic amines) is 1. The molecule has 16 heteroatoms. The molecule has 16 nitrogen and oxygen atoms in total. The number of para-hydroxylation sites is 1. The fraction of sp³-hybridized carbons (Fsp3) is 0.392. The Balaban J connectivity index is 0.882. The van der Waals surface area contributed by atoms with Crippen LogP contribution in [0.5, 0.6) is 0 Å². The molecule has 3 unspecified atom stereocenters. The van der Waals surface area contributed by atoms with E-state index in [2.05, 4.69) is 55.6 Å². The van der Waals surface area contributed by atoms with Crippen LogP contribution in [0.1, 0.15) is 88.8 Å². The van der Waals surface area contributed by atoms with E-state index >= 15 is 0 Å². The lowest BCUT2D eigenvalue weighted by atomic mass is 9.98. The highest BCUT2D eigenvalue weighted by Crippen LogP contribution is 2.44. The van der Waals surface area contributed by atoms with E-state index in [1.165, 1.54) is 4.90 Å². The molecule has 0 bridgehead atoms. The van der Waals surface area contributed by atoms with Crippen molar-refractivity contribution in [2.45, 2.75) is 103 Å². The first-order valence-electron chi connectivity index (χ1n) is 23.1. The fourth-order valence-corrected chi connectivity index (χ4v) is 8.73. The van der Waals surface area contributed by atoms with E-state index < -0.39 is 48.0 Å². The van der Waals surface area contributed by atoms with E-state index in [9.17, 15) is 29.1 Å². The molecular formula is C51H60N8O8. The second kappa shape index (κ2) is 22.4. The highest BCUT2D eigenvalue weighted by atomic mass is 16.6. The Kier molecular flexibility index (Phi) is 16.0. The summed E-state index contributed by atoms with van der Waals surface area (Å²) in [5, 5.41) is 24.8. The van der Waals surface area contributed by atoms with Gasteiger partial charge in [-0.15, -0.1) is 0 Å². The van der Waals surface area contributed by atoms with Gasteiger partial charge in [-0.25, -0.2) is 14.6 Å². The van der Waals surface area contributed by atoms with E-state index in [1.54, 1.807) is 31.2 Å². The number of nitrogens with zero attached hydrogens (tertiary/aromatic N) is 3. The Morgan fingerprint density at radius 3 is 2.16 bits per heavy atom. The first-order valence-corrected chi connectivity index (χ1v) is 23.1. The van der Waals surface area contributed by atoms with Gasteiger partial charge in [0.05, 0.1) is 5.52 Å². The van der Waals surface area contributed by atoms with Crippen LogP contribution in [-0.4, -0.2) is 93.8 Å². The molecule has 7 rings (SSSR count). The van der Waals surface area contributed by atoms with Crippen LogP contribution in [0.3, 0.4) is 0 Å². The number of rotatable bonds is 19. The number of aliphatic hydroxyl groups is 1. The van der Waals surface area contributed by atoms with Crippen molar-refractivity contribution in [2.75, 3.05) is 35.7 Å². The molecule has 4 aromatic carbocycles. The Labute approximate surface area is 390 Å². The Morgan fingerprint density at radius 2 is 1.48 bits per heavy atom. The molecule has 2 heterocycles. The van der Waals surface area contributed by atoms with Gasteiger partial charge in [-0.1, -0.05) is 106 Å². The number of nitrogens with one attached hydrogen (secondary N) is 5. The van der Waals surface area contributed by atoms with Crippen molar-refractivity contribution in [1.29, 1.82) is 0 Å². The van der Waals surface area contributed by atoms with E-state index in [-0.39, 0.29) is 43.6 Å². The van der Waals surface area contributed by atoms with E-state index in [0.29, 0.717) is 48.4 Å². The number of amides is 5. The molecule has 0 saturated carbocycles. The zero-order chi connectivity index (χ0) is 47.5. The predicted molar refractivity (Wildman–Crippen MR) is 256 cm³/mol. The summed E-state index contributed by atoms with van der Waals surface area (Å²) in [6.45, 7) is 7.69. The molecule has 1 fully saturated rings. The van der Waals surface area contributed by atoms with Gasteiger partial charge in [0.2, 0.25) is 23.7 Å². The van der Waals surface area contributed by atoms with Gasteiger partial charge in [-0.3, -0.25) is 19.7 Å². The Hall–Kier alpha value is -7.07. The van der Waals surface area contributed by atoms with Crippen LogP contribution in [0, 0.1) is 5.92 Å². The molecule has 4 atom stereocenters. The molecule has 6 N–H and O–H groups in total. The van der Waals surface area contributed by atoms with Crippen molar-refractivity contribution in [3.8, 4) is 11.1 Å². The normalized spacial score (nSPS) is 15.5. The van der Waals surface area contributed by atoms with Gasteiger partial charge >= 0.3 is 12.2 Å². The van der Waals surface area contributed by atoms with Crippen LogP contribution in [-0.2, 0) is 30.5 Å². The molecule has 1 aromatic heterocycles. The number of fused-ring (bicyclic) bond motifs is 4. The van der Waals surface area contributed by atoms with Gasteiger partial charge in [0.25, 0.3) is 0 Å². The molecule has 0 radical (unpaired) electrons. The van der Waals surface area contributed by atoms with Crippen molar-refractivity contribution >= 4 is 58.3 Å². The number of alkyl carbamates (subject to hydrolysis) is 1. The lowest BCUT2D eigenvalue weighted by Gasteiger charge is -2.29. The molecule has 1 saturated heterocycles. The van der Waals surface area contributed by atoms with Gasteiger partial charge in [0.1, 0.15) is 37.2 Å². The van der Waals surface area contributed by atoms with Gasteiger partial charge < -0.3 is 40.7 Å². The molecule has 352 valence electrons. The minimum absolute atomic E-state index is 0.00316. The van der Waals surface area contributed by atoms with Crippen molar-refractivity contribution in [3.63, 3.8) is 0 Å². The molecule has 0 spiro atoms. The average Bonchev–Trinajstić information content (AvgIpc) is 3.95. The van der Waals surface area contributed by atoms with Crippen LogP contribution in [0.4, 0.5) is 27.0 Å². The first kappa shape index (κ1) is 47.9. The summed E-state index contributed by atoms with van der Waals surface area (Å²) in [7, 11) is 0. The quantitative estimate of drug-likeness (QED) is 0.0472. The lowest BCUT2D eigenvalue weighted by Crippen LogP contribution is -2.56. The zero-order valence-electron chi connectivity index (χ0n) is 38.4. The summed E-state index contributed by atoms with van der Waals surface area (Å²) in [6.07, 6.45) is 2.92. The topological polar surface area (TPSA) is 213 Å². The lowest BCUT2D eigenvalue weighted by molar-refractivity contribution is -0.140. The molecule has 2 aliphatic rings. The van der Waals surface area contributed by atoms with Gasteiger partial charge in [0.15, 0.2) is 0 Å². The summed E-state index contributed by atoms with van der Waals surface area (Å²) < 4.78 is 11.1. The maximum Gasteiger partial charge on any atom is 0.414 e. The van der Waals surface area contributed by atoms with Crippen molar-refractivity contribution in [3.05, 3.63) is 114 Å². The number of anilines is 3. The Bertz CT molecular complexity index is 2510. The van der Waals surface area contributed by atoms with E-state index in [0.717, 1.165) is 46.9 Å². The van der Waals surface area contributed by atoms with Crippen LogP contribution in [0.25, 0.3) is 22.0 Å². The highest BCUT2D eigenvalue weighted by molar-refractivity contribution is 5.99. The van der Waals surface area contributed by atoms with Crippen molar-refractivity contribution < 1.29 is 38.6 Å². The molecule has 5 amide bonds. The smallest absolute Gasteiger partial charge is 0.414 e. The highest BCUT2D eigenvalue weighted by Gasteiger charge is 2.39. The molecule has 67 heavy (non-hydrogen) atoms. The third-order valence-corrected chi connectivity index (χ3v) is 12.3. The van der Waals surface area contributed by atoms with Crippen LogP contribution < -0.4 is 26.6 Å². The number of hydrogen-bond acceptors (Lipinski definition) is 11. The summed E-state index contributed by atoms with van der Waals surface area (Å²) >= 11 is 0. The first-order chi connectivity index (χ1) is 32.4. The fourth-order valence-electron chi connectivity index (χ4n) is 8.73. The van der Waals surface area contributed by atoms with Gasteiger partial charge in [0, 0.05) is 36.2 Å². The minimum Gasteiger partial charge on any atom is -0.449 e. The monoisotopic (exact) mass is 912 g/mol. The zero-order valence-corrected chi connectivity index (χ0v) is 38.4. The summed E-state index contributed by atoms with van der Waals surface area (Å²) in [5.74, 6) is -1.13. The third-order valence-electron chi connectivity index (χ3n) is 12.3. The standard InChI is InChI=1S/C51H60N8O8/c1-5-6-14-34(26-28-60)53-45-40-19-11-12-20-42(40)55-49(57-45)58-51(65)66-29-33-22-24-35(25-23-33)54-47(62)44(31(2)3)56-46(61)43-21-13-27-59(43)48(63)32(4)52-50(64)67-30-41-38-17-9-7-15-36(38)37-16-8-10-18-39(37)41/h7-12,15-20,22-25,31-32,34,41,43-44,60H,5-6,13-14,21,26-30H2,1-4H3,(H,52,64)(H,54,62)(H,56,61)(H2,53,55,57,58,65)/t32?,34?,43-,44?/m0/s1. The number of hydrogen-bond donors (Lipinski definition) is 6. The number of ether oxygens (including phenoxy) is 2. The second-order valence-corrected chi connectivity index (χ2v) is 17.4. The molecule has 5 aromatic rings. The van der Waals surface area contributed by atoms with E-state index in [4.69, 9.17) is 9.47 Å². The van der Waals surface area contributed by atoms with Gasteiger partial charge in [-0.05, 0) is 90.6 Å². The SMILES string of the molecule is CCCCC(CCO)Nc1nc(NC(=O)OCc2ccc(NC(=O)C(NC(=O)[C@@H]3CCCN3C(=O)C(C)NC(=O)OCC3c4ccccc4-c4ccccc43)C(C)C)cc2)nc2ccccc12. The number of carbonyl (C=O) groups excluding carboxylic acids is 5. The molecule has 1 aliphatic carbocycles. The maximum absolute atomic E-state index is 13.7. The maximum atomic E-state index is 13.7. The second-order valence-electron chi connectivity index (χ2n) is 17.4. The van der Waals surface area contributed by atoms with Crippen molar-refractivity contribution in [2.24, 2.45) is 5.92 Å². The molecular weight excluding hydrogens is 853 g/mol.